The van der Waals surface area contributed by atoms with Crippen LogP contribution in [0.3, 0.4) is 0 Å². The van der Waals surface area contributed by atoms with Crippen molar-refractivity contribution >= 4 is 18.1 Å². The molecule has 1 amide bonds. The van der Waals surface area contributed by atoms with Gasteiger partial charge in [0.25, 0.3) is 12.4 Å². The minimum atomic E-state index is -0.771. The molecular formula is C32H42N4O7. The van der Waals surface area contributed by atoms with E-state index in [4.69, 9.17) is 24.1 Å². The summed E-state index contributed by atoms with van der Waals surface area (Å²) >= 11 is 0. The fraction of sp³-hybridized carbons (Fsp3) is 0.469. The number of hydrogen-bond acceptors (Lipinski definition) is 8. The summed E-state index contributed by atoms with van der Waals surface area (Å²) in [7, 11) is 3.20. The van der Waals surface area contributed by atoms with Crippen LogP contribution >= 0.6 is 0 Å². The Kier molecular flexibility index (Phi) is 11.8. The van der Waals surface area contributed by atoms with Crippen molar-refractivity contribution in [2.45, 2.75) is 65.7 Å². The monoisotopic (exact) mass is 594 g/mol. The molecule has 0 spiro atoms. The quantitative estimate of drug-likeness (QED) is 0.213. The van der Waals surface area contributed by atoms with E-state index < -0.39 is 17.6 Å². The molecule has 2 heterocycles. The molecule has 0 saturated heterocycles. The molecule has 1 unspecified atom stereocenters. The maximum Gasteiger partial charge on any atom is 0.290 e. The van der Waals surface area contributed by atoms with Gasteiger partial charge in [-0.2, -0.15) is 10.0 Å². The number of carbonyl (C=O) groups excluding carboxylic acids is 1. The van der Waals surface area contributed by atoms with E-state index in [1.807, 2.05) is 68.2 Å². The summed E-state index contributed by atoms with van der Waals surface area (Å²) in [5.41, 5.74) is 4.04. The Morgan fingerprint density at radius 1 is 1.16 bits per heavy atom. The highest BCUT2D eigenvalue weighted by molar-refractivity contribution is 5.98. The number of hydrogen-bond donors (Lipinski definition) is 1. The van der Waals surface area contributed by atoms with Gasteiger partial charge < -0.3 is 24.2 Å². The second kappa shape index (κ2) is 15.3. The van der Waals surface area contributed by atoms with Crippen molar-refractivity contribution in [2.24, 2.45) is 10.6 Å². The zero-order valence-corrected chi connectivity index (χ0v) is 25.8. The Bertz CT molecular complexity index is 1390. The van der Waals surface area contributed by atoms with Crippen LogP contribution in [0.2, 0.25) is 0 Å². The second-order valence-electron chi connectivity index (χ2n) is 11.3. The summed E-state index contributed by atoms with van der Waals surface area (Å²) in [6.45, 7) is 8.71. The van der Waals surface area contributed by atoms with E-state index in [1.165, 1.54) is 5.56 Å². The molecule has 11 nitrogen and oxygen atoms in total. The van der Waals surface area contributed by atoms with Crippen molar-refractivity contribution < 1.29 is 28.9 Å². The van der Waals surface area contributed by atoms with E-state index in [0.29, 0.717) is 31.0 Å². The molecule has 0 fully saturated rings. The lowest BCUT2D eigenvalue weighted by Crippen LogP contribution is -2.45. The smallest absolute Gasteiger partial charge is 0.290 e. The van der Waals surface area contributed by atoms with Crippen LogP contribution < -0.4 is 14.4 Å². The Hall–Kier alpha value is -4.25. The van der Waals surface area contributed by atoms with Gasteiger partial charge in [-0.05, 0) is 31.0 Å². The van der Waals surface area contributed by atoms with Crippen molar-refractivity contribution in [3.8, 4) is 11.5 Å². The van der Waals surface area contributed by atoms with E-state index in [0.717, 1.165) is 35.2 Å². The molecule has 0 saturated carbocycles. The van der Waals surface area contributed by atoms with Gasteiger partial charge in [-0.1, -0.05) is 62.2 Å². The number of anilines is 1. The van der Waals surface area contributed by atoms with E-state index in [-0.39, 0.29) is 18.9 Å². The minimum absolute atomic E-state index is 0.0874. The van der Waals surface area contributed by atoms with Crippen molar-refractivity contribution in [1.29, 1.82) is 0 Å². The third-order valence-corrected chi connectivity index (χ3v) is 7.24. The maximum absolute atomic E-state index is 14.3. The van der Waals surface area contributed by atoms with Gasteiger partial charge in [0.1, 0.15) is 12.2 Å². The lowest BCUT2D eigenvalue weighted by molar-refractivity contribution is -0.133. The Morgan fingerprint density at radius 3 is 2.56 bits per heavy atom. The molecular weight excluding hydrogens is 552 g/mol. The third kappa shape index (κ3) is 8.19. The van der Waals surface area contributed by atoms with Gasteiger partial charge in [-0.15, -0.1) is 0 Å². The Labute approximate surface area is 252 Å². The van der Waals surface area contributed by atoms with Gasteiger partial charge in [-0.3, -0.25) is 14.3 Å². The number of rotatable bonds is 12. The van der Waals surface area contributed by atoms with Gasteiger partial charge in [0.2, 0.25) is 0 Å². The first-order valence-corrected chi connectivity index (χ1v) is 14.3. The zero-order valence-electron chi connectivity index (χ0n) is 25.8. The van der Waals surface area contributed by atoms with Crippen molar-refractivity contribution in [2.75, 3.05) is 32.2 Å². The molecule has 3 aromatic rings. The molecule has 43 heavy (non-hydrogen) atoms. The number of nitrogens with zero attached hydrogens (tertiary/aromatic N) is 4. The third-order valence-electron chi connectivity index (χ3n) is 7.24. The molecule has 1 aromatic heterocycles. The standard InChI is InChI=1S/C31H40N4O5.CH2O2/c1-7-9-22-17-32-34(18-22)15-14-27-30(36)35(20-31(3,4)19-33-37)25-13-12-21(2)16-24(25)28(40-27)23-10-8-11-26(38-5)29(23)39-6;2-1-3/h8,10-13,16-18,27-28H,7,9,14-15,19-20H2,1-6H3;1H,(H,2,3)/t27-,28?;/m1./s1. The molecule has 11 heteroatoms. The van der Waals surface area contributed by atoms with Crippen LogP contribution in [-0.2, 0) is 27.3 Å². The van der Waals surface area contributed by atoms with Gasteiger partial charge in [-0.25, -0.2) is 0 Å². The van der Waals surface area contributed by atoms with Crippen LogP contribution in [0.1, 0.15) is 62.0 Å². The maximum atomic E-state index is 14.3. The van der Waals surface area contributed by atoms with Crippen LogP contribution in [0.4, 0.5) is 5.69 Å². The first-order valence-electron chi connectivity index (χ1n) is 14.3. The molecule has 1 N–H and O–H groups in total. The number of aryl methyl sites for hydroxylation is 3. The van der Waals surface area contributed by atoms with E-state index in [2.05, 4.69) is 23.3 Å². The topological polar surface area (TPSA) is 133 Å². The molecule has 2 atom stereocenters. The predicted octanol–water partition coefficient (Wildman–Crippen LogP) is 5.57. The Morgan fingerprint density at radius 2 is 1.91 bits per heavy atom. The molecule has 0 radical (unpaired) electrons. The highest BCUT2D eigenvalue weighted by Gasteiger charge is 2.39. The highest BCUT2D eigenvalue weighted by Crippen LogP contribution is 2.45. The van der Waals surface area contributed by atoms with Crippen LogP contribution in [0.5, 0.6) is 11.5 Å². The number of carboxylic acid groups (broad SMARTS) is 1. The number of para-hydroxylation sites is 1. The summed E-state index contributed by atoms with van der Waals surface area (Å²) in [6, 6.07) is 11.7. The zero-order chi connectivity index (χ0) is 31.6. The van der Waals surface area contributed by atoms with Gasteiger partial charge >= 0.3 is 0 Å². The number of ether oxygens (including phenoxy) is 3. The van der Waals surface area contributed by atoms with Gasteiger partial charge in [0.05, 0.1) is 27.0 Å². The largest absolute Gasteiger partial charge is 0.493 e. The van der Waals surface area contributed by atoms with E-state index in [1.54, 1.807) is 19.1 Å². The summed E-state index contributed by atoms with van der Waals surface area (Å²) in [5.74, 6) is 0.984. The molecule has 4 rings (SSSR count). The highest BCUT2D eigenvalue weighted by atomic mass is 16.5. The average Bonchev–Trinajstić information content (AvgIpc) is 3.39. The molecule has 0 aliphatic carbocycles. The van der Waals surface area contributed by atoms with Crippen molar-refractivity contribution in [3.05, 3.63) is 76.0 Å². The summed E-state index contributed by atoms with van der Waals surface area (Å²) in [4.78, 5) is 35.6. The number of aromatic nitrogens is 2. The summed E-state index contributed by atoms with van der Waals surface area (Å²) in [6.07, 6.45) is 4.96. The van der Waals surface area contributed by atoms with Gasteiger partial charge in [0, 0.05) is 47.9 Å². The van der Waals surface area contributed by atoms with Crippen molar-refractivity contribution in [3.63, 3.8) is 0 Å². The molecule has 232 valence electrons. The fourth-order valence-corrected chi connectivity index (χ4v) is 5.28. The first kappa shape index (κ1) is 33.3. The normalized spacial score (nSPS) is 16.4. The average molecular weight is 595 g/mol. The van der Waals surface area contributed by atoms with Crippen LogP contribution in [0, 0.1) is 17.2 Å². The number of carbonyl (C=O) groups is 2. The first-order chi connectivity index (χ1) is 20.6. The Balaban J connectivity index is 0.00000162. The number of benzene rings is 2. The molecule has 1 aliphatic heterocycles. The number of methoxy groups -OCH3 is 2. The predicted molar refractivity (Wildman–Crippen MR) is 164 cm³/mol. The van der Waals surface area contributed by atoms with Crippen LogP contribution in [0.25, 0.3) is 0 Å². The number of nitroso groups, excluding NO2 is 1. The molecule has 2 aromatic carbocycles. The SMILES string of the molecule is CCCc1cnn(CC[C@H]2OC(c3cccc(OC)c3OC)c3cc(C)ccc3N(CC(C)(C)CN=O)C2=O)c1.O=CO. The van der Waals surface area contributed by atoms with Crippen molar-refractivity contribution in [1.82, 2.24) is 9.78 Å². The van der Waals surface area contributed by atoms with E-state index >= 15 is 0 Å². The van der Waals surface area contributed by atoms with E-state index in [9.17, 15) is 9.70 Å². The summed E-state index contributed by atoms with van der Waals surface area (Å²) < 4.78 is 20.0. The van der Waals surface area contributed by atoms with Crippen LogP contribution in [-0.4, -0.2) is 60.7 Å². The minimum Gasteiger partial charge on any atom is -0.493 e. The lowest BCUT2D eigenvalue weighted by atomic mass is 9.91. The molecule has 0 bridgehead atoms. The molecule has 1 aliphatic rings. The van der Waals surface area contributed by atoms with Gasteiger partial charge in [0.15, 0.2) is 11.5 Å². The summed E-state index contributed by atoms with van der Waals surface area (Å²) in [5, 5.41) is 14.5. The lowest BCUT2D eigenvalue weighted by Gasteiger charge is -2.32. The van der Waals surface area contributed by atoms with Crippen LogP contribution in [0.15, 0.2) is 54.0 Å². The number of fused-ring (bicyclic) bond motifs is 1. The second-order valence-corrected chi connectivity index (χ2v) is 11.3. The number of amides is 1. The fourth-order valence-electron chi connectivity index (χ4n) is 5.28.